The third-order valence-electron chi connectivity index (χ3n) is 5.49. The fourth-order valence-electron chi connectivity index (χ4n) is 3.68. The number of ether oxygens (including phenoxy) is 2. The normalized spacial score (nSPS) is 22.5. The van der Waals surface area contributed by atoms with Crippen LogP contribution in [0.3, 0.4) is 0 Å². The Labute approximate surface area is 191 Å². The second-order valence-electron chi connectivity index (χ2n) is 8.32. The molecule has 3 atom stereocenters. The number of carbonyl (C=O) groups excluding carboxylic acids is 3. The van der Waals surface area contributed by atoms with Crippen molar-refractivity contribution in [3.8, 4) is 5.75 Å². The fourth-order valence-corrected chi connectivity index (χ4v) is 3.68. The molecule has 1 aliphatic heterocycles. The maximum atomic E-state index is 13.2. The zero-order chi connectivity index (χ0) is 24.9. The Balaban J connectivity index is 2.40. The lowest BCUT2D eigenvalue weighted by atomic mass is 10.0. The van der Waals surface area contributed by atoms with E-state index in [9.17, 15) is 27.6 Å². The lowest BCUT2D eigenvalue weighted by Crippen LogP contribution is -2.48. The first kappa shape index (κ1) is 26.4. The van der Waals surface area contributed by atoms with Crippen LogP contribution in [0.25, 0.3) is 0 Å². The van der Waals surface area contributed by atoms with Crippen LogP contribution in [0, 0.1) is 5.92 Å². The Bertz CT molecular complexity index is 877. The second kappa shape index (κ2) is 10.9. The van der Waals surface area contributed by atoms with Crippen LogP contribution in [0.2, 0.25) is 0 Å². The highest BCUT2D eigenvalue weighted by Gasteiger charge is 2.32. The Hall–Kier alpha value is -2.82. The molecule has 33 heavy (non-hydrogen) atoms. The number of halogens is 3. The van der Waals surface area contributed by atoms with E-state index in [1.54, 1.807) is 11.9 Å². The van der Waals surface area contributed by atoms with Crippen molar-refractivity contribution in [2.75, 3.05) is 39.2 Å². The predicted octanol–water partition coefficient (Wildman–Crippen LogP) is 2.93. The van der Waals surface area contributed by atoms with Gasteiger partial charge in [-0.15, -0.1) is 0 Å². The van der Waals surface area contributed by atoms with E-state index in [-0.39, 0.29) is 54.1 Å². The number of fused-ring (bicyclic) bond motifs is 1. The SMILES string of the molecule is CO[C@H]1CN(C)C(=O)c2cc(NC(=O)CC(F)(F)F)ccc2OC[C@@H](C)N(C(C)=O)C[C@@H]1C. The summed E-state index contributed by atoms with van der Waals surface area (Å²) in [5, 5.41) is 2.17. The number of hydrogen-bond acceptors (Lipinski definition) is 5. The summed E-state index contributed by atoms with van der Waals surface area (Å²) in [5.74, 6) is -1.71. The van der Waals surface area contributed by atoms with Gasteiger partial charge >= 0.3 is 6.18 Å². The molecule has 0 saturated heterocycles. The standard InChI is InChI=1S/C22H30F3N3O5/c1-13-10-28(15(3)29)14(2)12-33-18-7-6-16(26-20(30)9-22(23,24)25)8-17(18)21(31)27(4)11-19(13)32-5/h6-8,13-14,19H,9-12H2,1-5H3,(H,26,30)/t13-,14+,19-/m0/s1. The zero-order valence-corrected chi connectivity index (χ0v) is 19.4. The monoisotopic (exact) mass is 473 g/mol. The number of anilines is 1. The van der Waals surface area contributed by atoms with Crippen LogP contribution in [0.5, 0.6) is 5.75 Å². The van der Waals surface area contributed by atoms with Crippen LogP contribution in [0.1, 0.15) is 37.6 Å². The molecule has 8 nitrogen and oxygen atoms in total. The minimum absolute atomic E-state index is 0.0375. The lowest BCUT2D eigenvalue weighted by Gasteiger charge is -2.35. The summed E-state index contributed by atoms with van der Waals surface area (Å²) in [6, 6.07) is 3.75. The van der Waals surface area contributed by atoms with Crippen LogP contribution in [-0.2, 0) is 14.3 Å². The van der Waals surface area contributed by atoms with E-state index in [2.05, 4.69) is 5.32 Å². The number of nitrogens with one attached hydrogen (secondary N) is 1. The zero-order valence-electron chi connectivity index (χ0n) is 19.4. The van der Waals surface area contributed by atoms with E-state index in [1.165, 1.54) is 37.1 Å². The van der Waals surface area contributed by atoms with Gasteiger partial charge in [-0.3, -0.25) is 14.4 Å². The maximum Gasteiger partial charge on any atom is 0.397 e. The fraction of sp³-hybridized carbons (Fsp3) is 0.591. The molecule has 0 saturated carbocycles. The number of nitrogens with zero attached hydrogens (tertiary/aromatic N) is 2. The molecular weight excluding hydrogens is 443 g/mol. The molecule has 0 bridgehead atoms. The number of hydrogen-bond donors (Lipinski definition) is 1. The van der Waals surface area contributed by atoms with Crippen molar-refractivity contribution >= 4 is 23.4 Å². The van der Waals surface area contributed by atoms with E-state index in [0.717, 1.165) is 0 Å². The molecule has 1 aliphatic rings. The summed E-state index contributed by atoms with van der Waals surface area (Å²) in [4.78, 5) is 40.2. The third-order valence-corrected chi connectivity index (χ3v) is 5.49. The molecule has 11 heteroatoms. The van der Waals surface area contributed by atoms with Gasteiger partial charge in [0.05, 0.1) is 17.7 Å². The molecule has 3 amide bonds. The number of benzene rings is 1. The van der Waals surface area contributed by atoms with Crippen LogP contribution >= 0.6 is 0 Å². The Morgan fingerprint density at radius 1 is 1.24 bits per heavy atom. The summed E-state index contributed by atoms with van der Waals surface area (Å²) >= 11 is 0. The minimum Gasteiger partial charge on any atom is -0.491 e. The van der Waals surface area contributed by atoms with Gasteiger partial charge in [-0.25, -0.2) is 0 Å². The first-order valence-electron chi connectivity index (χ1n) is 10.5. The maximum absolute atomic E-state index is 13.2. The Morgan fingerprint density at radius 2 is 1.91 bits per heavy atom. The van der Waals surface area contributed by atoms with Crippen LogP contribution in [0.15, 0.2) is 18.2 Å². The number of methoxy groups -OCH3 is 1. The van der Waals surface area contributed by atoms with Gasteiger partial charge in [0, 0.05) is 45.8 Å². The van der Waals surface area contributed by atoms with Crippen LogP contribution in [-0.4, -0.2) is 79.7 Å². The van der Waals surface area contributed by atoms with E-state index in [1.807, 2.05) is 13.8 Å². The molecule has 0 aromatic heterocycles. The van der Waals surface area contributed by atoms with E-state index >= 15 is 0 Å². The molecule has 0 radical (unpaired) electrons. The summed E-state index contributed by atoms with van der Waals surface area (Å²) < 4.78 is 48.9. The Kier molecular flexibility index (Phi) is 8.70. The van der Waals surface area contributed by atoms with E-state index in [4.69, 9.17) is 9.47 Å². The van der Waals surface area contributed by atoms with Gasteiger partial charge < -0.3 is 24.6 Å². The molecule has 1 N–H and O–H groups in total. The average Bonchev–Trinajstić information content (AvgIpc) is 2.71. The first-order valence-corrected chi connectivity index (χ1v) is 10.5. The van der Waals surface area contributed by atoms with Crippen molar-refractivity contribution in [3.05, 3.63) is 23.8 Å². The number of alkyl halides is 3. The van der Waals surface area contributed by atoms with Crippen molar-refractivity contribution in [1.29, 1.82) is 0 Å². The molecule has 0 aliphatic carbocycles. The molecule has 1 heterocycles. The molecule has 0 unspecified atom stereocenters. The topological polar surface area (TPSA) is 88.2 Å². The van der Waals surface area contributed by atoms with Gasteiger partial charge in [0.1, 0.15) is 18.8 Å². The van der Waals surface area contributed by atoms with Crippen molar-refractivity contribution in [2.24, 2.45) is 5.92 Å². The third kappa shape index (κ3) is 7.34. The summed E-state index contributed by atoms with van der Waals surface area (Å²) in [6.45, 7) is 5.92. The van der Waals surface area contributed by atoms with Crippen molar-refractivity contribution in [2.45, 2.75) is 45.5 Å². The predicted molar refractivity (Wildman–Crippen MR) is 115 cm³/mol. The molecule has 1 aromatic carbocycles. The largest absolute Gasteiger partial charge is 0.491 e. The lowest BCUT2D eigenvalue weighted by molar-refractivity contribution is -0.150. The molecule has 0 fully saturated rings. The van der Waals surface area contributed by atoms with Crippen LogP contribution in [0.4, 0.5) is 18.9 Å². The number of amides is 3. The molecular formula is C22H30F3N3O5. The first-order chi connectivity index (χ1) is 15.3. The van der Waals surface area contributed by atoms with Gasteiger partial charge in [-0.1, -0.05) is 6.92 Å². The number of rotatable bonds is 3. The summed E-state index contributed by atoms with van der Waals surface area (Å²) in [5.41, 5.74) is 0.113. The summed E-state index contributed by atoms with van der Waals surface area (Å²) in [6.07, 6.45) is -6.66. The van der Waals surface area contributed by atoms with Crippen LogP contribution < -0.4 is 10.1 Å². The quantitative estimate of drug-likeness (QED) is 0.730. The van der Waals surface area contributed by atoms with Crippen molar-refractivity contribution in [1.82, 2.24) is 9.80 Å². The average molecular weight is 473 g/mol. The highest BCUT2D eigenvalue weighted by Crippen LogP contribution is 2.27. The van der Waals surface area contributed by atoms with Gasteiger partial charge in [0.25, 0.3) is 5.91 Å². The van der Waals surface area contributed by atoms with Gasteiger partial charge in [-0.05, 0) is 25.1 Å². The van der Waals surface area contributed by atoms with Crippen molar-refractivity contribution < 1.29 is 37.0 Å². The van der Waals surface area contributed by atoms with E-state index < -0.39 is 24.4 Å². The van der Waals surface area contributed by atoms with E-state index in [0.29, 0.717) is 6.54 Å². The molecule has 1 aromatic rings. The minimum atomic E-state index is -4.65. The molecule has 184 valence electrons. The Morgan fingerprint density at radius 3 is 2.48 bits per heavy atom. The molecule has 0 spiro atoms. The summed E-state index contributed by atoms with van der Waals surface area (Å²) in [7, 11) is 3.09. The van der Waals surface area contributed by atoms with Gasteiger partial charge in [0.15, 0.2) is 0 Å². The van der Waals surface area contributed by atoms with Gasteiger partial charge in [0.2, 0.25) is 11.8 Å². The van der Waals surface area contributed by atoms with Gasteiger partial charge in [-0.2, -0.15) is 13.2 Å². The molecule has 2 rings (SSSR count). The van der Waals surface area contributed by atoms with Crippen molar-refractivity contribution in [3.63, 3.8) is 0 Å². The highest BCUT2D eigenvalue weighted by atomic mass is 19.4. The smallest absolute Gasteiger partial charge is 0.397 e. The second-order valence-corrected chi connectivity index (χ2v) is 8.32. The number of likely N-dealkylation sites (N-methyl/N-ethyl adjacent to an activating group) is 1. The highest BCUT2D eigenvalue weighted by molar-refractivity contribution is 5.99. The number of carbonyl (C=O) groups is 3.